The van der Waals surface area contributed by atoms with E-state index in [9.17, 15) is 39.4 Å². The minimum Gasteiger partial charge on any atom is -0.429 e. The van der Waals surface area contributed by atoms with E-state index in [0.717, 1.165) is 5.56 Å². The van der Waals surface area contributed by atoms with Crippen molar-refractivity contribution in [3.05, 3.63) is 200 Å². The third kappa shape index (κ3) is 17.2. The molecule has 6 aromatic carbocycles. The minimum absolute atomic E-state index is 0. The number of rotatable bonds is 11. The molecule has 0 heterocycles. The predicted octanol–water partition coefficient (Wildman–Crippen LogP) is 10.5. The van der Waals surface area contributed by atoms with Gasteiger partial charge in [-0.15, -0.1) is 0 Å². The highest BCUT2D eigenvalue weighted by molar-refractivity contribution is 6.61. The van der Waals surface area contributed by atoms with Gasteiger partial charge in [-0.2, -0.15) is 0 Å². The minimum atomic E-state index is -0.978. The first kappa shape index (κ1) is 49.2. The summed E-state index contributed by atoms with van der Waals surface area (Å²) in [6, 6.07) is 40.7. The molecule has 0 spiro atoms. The summed E-state index contributed by atoms with van der Waals surface area (Å²) < 4.78 is 24.8. The average Bonchev–Trinajstić information content (AvgIpc) is 3.25. The predicted molar refractivity (Wildman–Crippen MR) is 224 cm³/mol. The van der Waals surface area contributed by atoms with Crippen molar-refractivity contribution >= 4 is 46.5 Å². The molecule has 0 radical (unpaired) electrons. The van der Waals surface area contributed by atoms with E-state index in [0.29, 0.717) is 28.2 Å². The number of ether oxygens (including phenoxy) is 5. The fraction of sp³-hybridized carbons (Fsp3) is 0.0909. The van der Waals surface area contributed by atoms with Gasteiger partial charge < -0.3 is 28.8 Å². The van der Waals surface area contributed by atoms with Gasteiger partial charge in [-0.25, -0.2) is 19.2 Å². The topological polar surface area (TPSA) is 221 Å². The van der Waals surface area contributed by atoms with Crippen molar-refractivity contribution in [2.45, 2.75) is 28.1 Å². The summed E-state index contributed by atoms with van der Waals surface area (Å²) in [4.78, 5) is 65.4. The summed E-state index contributed by atoms with van der Waals surface area (Å²) in [5, 5.41) is 29.7. The molecule has 1 N–H and O–H groups in total. The van der Waals surface area contributed by atoms with E-state index in [4.69, 9.17) is 35.7 Å². The molecule has 61 heavy (non-hydrogen) atoms. The van der Waals surface area contributed by atoms with Crippen LogP contribution in [0, 0.1) is 20.2 Å². The Morgan fingerprint density at radius 2 is 0.836 bits per heavy atom. The van der Waals surface area contributed by atoms with E-state index in [2.05, 4.69) is 4.74 Å². The number of hydrogen-bond donors (Lipinski definition) is 1. The molecule has 0 bridgehead atoms. The summed E-state index contributed by atoms with van der Waals surface area (Å²) in [6.45, 7) is -0.0777. The number of nitro benzene ring substituents is 2. The molecule has 0 aliphatic heterocycles. The molecule has 0 aliphatic rings. The number of carbonyl (C=O) groups is 4. The van der Waals surface area contributed by atoms with E-state index in [1.807, 2.05) is 6.07 Å². The van der Waals surface area contributed by atoms with Gasteiger partial charge in [0.1, 0.15) is 29.6 Å². The number of halogens is 1. The molecule has 0 aromatic heterocycles. The van der Waals surface area contributed by atoms with Crippen LogP contribution >= 0.6 is 11.6 Å². The quantitative estimate of drug-likeness (QED) is 0.0320. The Morgan fingerprint density at radius 3 is 1.20 bits per heavy atom. The summed E-state index contributed by atoms with van der Waals surface area (Å²) in [6.07, 6.45) is -0.946. The maximum absolute atomic E-state index is 12.0. The Bertz CT molecular complexity index is 2330. The van der Waals surface area contributed by atoms with Crippen LogP contribution in [0.2, 0.25) is 0 Å². The van der Waals surface area contributed by atoms with Gasteiger partial charge in [0.05, 0.1) is 27.6 Å². The Kier molecular flexibility index (Phi) is 20.5. The van der Waals surface area contributed by atoms with Crippen LogP contribution in [0.25, 0.3) is 0 Å². The average molecular weight is 855 g/mol. The zero-order chi connectivity index (χ0) is 42.6. The highest BCUT2D eigenvalue weighted by Gasteiger charge is 2.12. The standard InChI is InChI=1S/C21H15NO7.C14H12O3.C7H4ClNO4.2CH4/c23-20(16-4-2-1-3-5-16)28-18-10-6-15(7-11-18)14-27-21(24)29-19-12-8-17(9-13-19)22(25)26;15-10-11-6-8-13(9-7-11)17-14(16)12-4-2-1-3-5-12;8-7(10)13-6-3-1-5(2-4-6)9(11)12;;/h1-13H,14H2;1-9,15H,10H2;1-4H;2*1H4. The first-order chi connectivity index (χ1) is 28.4. The van der Waals surface area contributed by atoms with Crippen LogP contribution in [-0.2, 0) is 18.0 Å². The van der Waals surface area contributed by atoms with Gasteiger partial charge >= 0.3 is 23.5 Å². The lowest BCUT2D eigenvalue weighted by atomic mass is 10.2. The van der Waals surface area contributed by atoms with Gasteiger partial charge in [0.15, 0.2) is 0 Å². The lowest BCUT2D eigenvalue weighted by Crippen LogP contribution is -2.10. The van der Waals surface area contributed by atoms with Gasteiger partial charge in [0, 0.05) is 35.9 Å². The van der Waals surface area contributed by atoms with Crippen molar-refractivity contribution in [2.75, 3.05) is 0 Å². The van der Waals surface area contributed by atoms with Crippen molar-refractivity contribution in [3.63, 3.8) is 0 Å². The fourth-order valence-electron chi connectivity index (χ4n) is 4.43. The number of esters is 2. The normalized spacial score (nSPS) is 9.54. The zero-order valence-electron chi connectivity index (χ0n) is 30.5. The van der Waals surface area contributed by atoms with Crippen LogP contribution in [-0.4, -0.2) is 38.5 Å². The van der Waals surface area contributed by atoms with Crippen LogP contribution in [0.1, 0.15) is 46.7 Å². The Morgan fingerprint density at radius 1 is 0.492 bits per heavy atom. The number of aliphatic hydroxyl groups excluding tert-OH is 1. The van der Waals surface area contributed by atoms with Crippen LogP contribution in [0.3, 0.4) is 0 Å². The highest BCUT2D eigenvalue weighted by Crippen LogP contribution is 2.20. The van der Waals surface area contributed by atoms with Crippen LogP contribution in [0.4, 0.5) is 21.0 Å². The second-order valence-electron chi connectivity index (χ2n) is 11.4. The van der Waals surface area contributed by atoms with Crippen LogP contribution < -0.4 is 18.9 Å². The fourth-order valence-corrected chi connectivity index (χ4v) is 4.52. The molecule has 0 atom stereocenters. The number of benzene rings is 6. The Balaban J connectivity index is 0.000000341. The second kappa shape index (κ2) is 25.4. The first-order valence-corrected chi connectivity index (χ1v) is 17.3. The number of aliphatic hydroxyl groups is 1. The number of hydrogen-bond acceptors (Lipinski definition) is 14. The summed E-state index contributed by atoms with van der Waals surface area (Å²) >= 11 is 4.92. The molecular weight excluding hydrogens is 816 g/mol. The molecule has 16 nitrogen and oxygen atoms in total. The van der Waals surface area contributed by atoms with Gasteiger partial charge in [-0.05, 0) is 83.9 Å². The molecule has 6 rings (SSSR count). The third-order valence-electron chi connectivity index (χ3n) is 7.32. The van der Waals surface area contributed by atoms with Crippen LogP contribution in [0.5, 0.6) is 23.0 Å². The lowest BCUT2D eigenvalue weighted by Gasteiger charge is -2.07. The van der Waals surface area contributed by atoms with Crippen LogP contribution in [0.15, 0.2) is 158 Å². The van der Waals surface area contributed by atoms with Gasteiger partial charge in [0.2, 0.25) is 0 Å². The second-order valence-corrected chi connectivity index (χ2v) is 11.7. The van der Waals surface area contributed by atoms with E-state index in [-0.39, 0.29) is 56.9 Å². The van der Waals surface area contributed by atoms with Gasteiger partial charge in [-0.1, -0.05) is 75.5 Å². The maximum Gasteiger partial charge on any atom is 0.514 e. The molecule has 0 saturated heterocycles. The molecule has 0 saturated carbocycles. The van der Waals surface area contributed by atoms with Crippen molar-refractivity contribution < 1.29 is 57.8 Å². The van der Waals surface area contributed by atoms with Crippen molar-refractivity contribution in [1.29, 1.82) is 0 Å². The summed E-state index contributed by atoms with van der Waals surface area (Å²) in [7, 11) is 0. The van der Waals surface area contributed by atoms with Crippen molar-refractivity contribution in [1.82, 2.24) is 0 Å². The van der Waals surface area contributed by atoms with Crippen molar-refractivity contribution in [2.24, 2.45) is 0 Å². The number of non-ortho nitro benzene ring substituents is 2. The molecule has 0 amide bonds. The van der Waals surface area contributed by atoms with Crippen molar-refractivity contribution in [3.8, 4) is 23.0 Å². The van der Waals surface area contributed by atoms with E-state index < -0.39 is 27.4 Å². The van der Waals surface area contributed by atoms with E-state index in [1.54, 1.807) is 103 Å². The zero-order valence-corrected chi connectivity index (χ0v) is 31.2. The Hall–Kier alpha value is -7.95. The van der Waals surface area contributed by atoms with Gasteiger partial charge in [-0.3, -0.25) is 20.2 Å². The molecule has 316 valence electrons. The largest absolute Gasteiger partial charge is 0.514 e. The van der Waals surface area contributed by atoms with E-state index in [1.165, 1.54) is 48.5 Å². The number of nitro groups is 2. The molecular formula is C44H39ClN2O14. The maximum atomic E-state index is 12.0. The smallest absolute Gasteiger partial charge is 0.429 e. The number of nitrogens with zero attached hydrogens (tertiary/aromatic N) is 2. The lowest BCUT2D eigenvalue weighted by molar-refractivity contribution is -0.385. The Labute approximate surface area is 354 Å². The molecule has 17 heteroatoms. The molecule has 6 aromatic rings. The van der Waals surface area contributed by atoms with E-state index >= 15 is 0 Å². The highest BCUT2D eigenvalue weighted by atomic mass is 35.5. The summed E-state index contributed by atoms with van der Waals surface area (Å²) in [5.74, 6) is 0.269. The van der Waals surface area contributed by atoms with Gasteiger partial charge in [0.25, 0.3) is 11.4 Å². The third-order valence-corrected chi connectivity index (χ3v) is 7.40. The SMILES string of the molecule is C.C.O=C(Cl)Oc1ccc([N+](=O)[O-])cc1.O=C(OCc1ccc(OC(=O)c2ccccc2)cc1)Oc1ccc([N+](=O)[O-])cc1.O=C(Oc1ccc(CO)cc1)c1ccccc1. The number of carbonyl (C=O) groups excluding carboxylic acids is 4. The molecule has 0 fully saturated rings. The monoisotopic (exact) mass is 854 g/mol. The first-order valence-electron chi connectivity index (χ1n) is 16.9. The summed E-state index contributed by atoms with van der Waals surface area (Å²) in [5.41, 5.74) is 1.23. The molecule has 0 unspecified atom stereocenters. The molecule has 0 aliphatic carbocycles.